The van der Waals surface area contributed by atoms with Crippen LogP contribution in [0.15, 0.2) is 47.1 Å². The predicted molar refractivity (Wildman–Crippen MR) is 138 cm³/mol. The van der Waals surface area contributed by atoms with Crippen molar-refractivity contribution in [1.82, 2.24) is 0 Å². The monoisotopic (exact) mass is 500 g/mol. The fraction of sp³-hybridized carbons (Fsp3) is 0.607. The average molecular weight is 501 g/mol. The molecule has 35 heavy (non-hydrogen) atoms. The Morgan fingerprint density at radius 2 is 1.80 bits per heavy atom. The molecule has 1 spiro atoms. The minimum absolute atomic E-state index is 0.115. The molecule has 2 fully saturated rings. The maximum atomic E-state index is 12.3. The SMILES string of the molecule is COc1ccc(COCC2=C(C)C3(CC3)[C@@]3(C)OC(=O)O[C@H]3/C2=C\CO[Si](C)(C)C(C)(C)C)cc1. The zero-order valence-electron chi connectivity index (χ0n) is 22.4. The van der Waals surface area contributed by atoms with Gasteiger partial charge >= 0.3 is 6.16 Å². The maximum absolute atomic E-state index is 12.3. The lowest BCUT2D eigenvalue weighted by Crippen LogP contribution is -2.51. The number of rotatable bonds is 8. The highest BCUT2D eigenvalue weighted by Gasteiger charge is 2.71. The molecule has 2 aliphatic carbocycles. The van der Waals surface area contributed by atoms with E-state index in [0.29, 0.717) is 19.8 Å². The molecule has 3 aliphatic rings. The third-order valence-corrected chi connectivity index (χ3v) is 13.2. The van der Waals surface area contributed by atoms with Gasteiger partial charge in [-0.25, -0.2) is 4.79 Å². The van der Waals surface area contributed by atoms with Crippen LogP contribution >= 0.6 is 0 Å². The van der Waals surface area contributed by atoms with Gasteiger partial charge in [-0.2, -0.15) is 0 Å². The smallest absolute Gasteiger partial charge is 0.497 e. The highest BCUT2D eigenvalue weighted by molar-refractivity contribution is 6.74. The van der Waals surface area contributed by atoms with E-state index in [1.807, 2.05) is 31.2 Å². The van der Waals surface area contributed by atoms with Crippen molar-refractivity contribution in [2.45, 2.75) is 83.9 Å². The molecular weight excluding hydrogens is 460 g/mol. The first-order valence-electron chi connectivity index (χ1n) is 12.5. The topological polar surface area (TPSA) is 63.2 Å². The second kappa shape index (κ2) is 9.09. The molecule has 1 heterocycles. The van der Waals surface area contributed by atoms with Crippen LogP contribution in [-0.4, -0.2) is 46.5 Å². The van der Waals surface area contributed by atoms with Crippen molar-refractivity contribution in [1.29, 1.82) is 0 Å². The molecule has 6 nitrogen and oxygen atoms in total. The summed E-state index contributed by atoms with van der Waals surface area (Å²) < 4.78 is 29.6. The van der Waals surface area contributed by atoms with Crippen molar-refractivity contribution in [3.63, 3.8) is 0 Å². The quantitative estimate of drug-likeness (QED) is 0.297. The number of carbonyl (C=O) groups excluding carboxylic acids is 1. The van der Waals surface area contributed by atoms with Crippen molar-refractivity contribution < 1.29 is 28.2 Å². The summed E-state index contributed by atoms with van der Waals surface area (Å²) in [7, 11) is -0.268. The molecule has 192 valence electrons. The van der Waals surface area contributed by atoms with Crippen molar-refractivity contribution in [2.75, 3.05) is 20.3 Å². The number of fused-ring (bicyclic) bond motifs is 2. The summed E-state index contributed by atoms with van der Waals surface area (Å²) in [6.07, 6.45) is 3.02. The van der Waals surface area contributed by atoms with Gasteiger partial charge in [0.25, 0.3) is 0 Å². The molecule has 1 saturated heterocycles. The molecule has 1 aromatic carbocycles. The van der Waals surface area contributed by atoms with Crippen molar-refractivity contribution in [3.8, 4) is 5.75 Å². The van der Waals surface area contributed by atoms with Gasteiger partial charge in [0.1, 0.15) is 5.75 Å². The number of methoxy groups -OCH3 is 1. The van der Waals surface area contributed by atoms with Gasteiger partial charge < -0.3 is 23.4 Å². The first-order valence-corrected chi connectivity index (χ1v) is 15.4. The van der Waals surface area contributed by atoms with Crippen molar-refractivity contribution in [2.24, 2.45) is 5.41 Å². The standard InChI is InChI=1S/C28H40O6Si/c1-19-23(18-31-17-20-9-11-21(30-6)12-10-20)22(13-16-32-35(7,8)26(2,3)4)24-27(5,28(19)14-15-28)34-25(29)33-24/h9-13,24H,14-18H2,1-8H3/b22-13-/t24-,27-/m0/s1. The van der Waals surface area contributed by atoms with Crippen LogP contribution in [0.3, 0.4) is 0 Å². The number of hydrogen-bond donors (Lipinski definition) is 0. The minimum Gasteiger partial charge on any atom is -0.497 e. The normalized spacial score (nSPS) is 26.6. The summed E-state index contributed by atoms with van der Waals surface area (Å²) >= 11 is 0. The number of carbonyl (C=O) groups is 1. The average Bonchev–Trinajstić information content (AvgIpc) is 3.54. The Morgan fingerprint density at radius 1 is 1.14 bits per heavy atom. The van der Waals surface area contributed by atoms with E-state index in [2.05, 4.69) is 46.9 Å². The zero-order valence-corrected chi connectivity index (χ0v) is 23.4. The van der Waals surface area contributed by atoms with Crippen LogP contribution in [0.5, 0.6) is 5.75 Å². The molecule has 0 N–H and O–H groups in total. The van der Waals surface area contributed by atoms with E-state index in [9.17, 15) is 4.79 Å². The maximum Gasteiger partial charge on any atom is 0.509 e. The second-order valence-electron chi connectivity index (χ2n) is 11.7. The van der Waals surface area contributed by atoms with Gasteiger partial charge in [-0.1, -0.05) is 44.6 Å². The summed E-state index contributed by atoms with van der Waals surface area (Å²) in [5, 5.41) is 0.115. The van der Waals surface area contributed by atoms with E-state index in [-0.39, 0.29) is 10.5 Å². The van der Waals surface area contributed by atoms with Gasteiger partial charge in [-0.3, -0.25) is 0 Å². The van der Waals surface area contributed by atoms with Gasteiger partial charge in [0.2, 0.25) is 0 Å². The van der Waals surface area contributed by atoms with Crippen LogP contribution < -0.4 is 4.74 Å². The number of benzene rings is 1. The summed E-state index contributed by atoms with van der Waals surface area (Å²) in [6.45, 7) is 16.8. The Hall–Kier alpha value is -2.09. The molecule has 4 rings (SSSR count). The molecular formula is C28H40O6Si. The highest BCUT2D eigenvalue weighted by Crippen LogP contribution is 2.67. The van der Waals surface area contributed by atoms with Gasteiger partial charge in [-0.15, -0.1) is 0 Å². The molecule has 1 saturated carbocycles. The van der Waals surface area contributed by atoms with Crippen molar-refractivity contribution in [3.05, 3.63) is 52.6 Å². The molecule has 7 heteroatoms. The fourth-order valence-corrected chi connectivity index (χ4v) is 6.10. The molecule has 1 aromatic rings. The van der Waals surface area contributed by atoms with E-state index in [4.69, 9.17) is 23.4 Å². The van der Waals surface area contributed by atoms with Crippen LogP contribution in [0.4, 0.5) is 4.79 Å². The third kappa shape index (κ3) is 4.58. The van der Waals surface area contributed by atoms with E-state index >= 15 is 0 Å². The van der Waals surface area contributed by atoms with Crippen molar-refractivity contribution >= 4 is 14.5 Å². The summed E-state index contributed by atoms with van der Waals surface area (Å²) in [4.78, 5) is 12.3. The van der Waals surface area contributed by atoms with E-state index < -0.39 is 26.2 Å². The van der Waals surface area contributed by atoms with Crippen LogP contribution in [0, 0.1) is 5.41 Å². The Bertz CT molecular complexity index is 1030. The Morgan fingerprint density at radius 3 is 2.37 bits per heavy atom. The first kappa shape index (κ1) is 26.0. The Kier molecular flexibility index (Phi) is 6.75. The number of hydrogen-bond acceptors (Lipinski definition) is 6. The van der Waals surface area contributed by atoms with Gasteiger partial charge in [0, 0.05) is 11.0 Å². The highest BCUT2D eigenvalue weighted by atomic mass is 28.4. The molecule has 0 radical (unpaired) electrons. The lowest BCUT2D eigenvalue weighted by Gasteiger charge is -2.43. The van der Waals surface area contributed by atoms with Gasteiger partial charge in [0.15, 0.2) is 20.0 Å². The molecule has 0 bridgehead atoms. The second-order valence-corrected chi connectivity index (χ2v) is 16.5. The van der Waals surface area contributed by atoms with E-state index in [0.717, 1.165) is 35.3 Å². The molecule has 1 aliphatic heterocycles. The summed E-state index contributed by atoms with van der Waals surface area (Å²) in [5.74, 6) is 0.824. The lowest BCUT2D eigenvalue weighted by molar-refractivity contribution is -0.00384. The Labute approximate surface area is 210 Å². The number of ether oxygens (including phenoxy) is 4. The van der Waals surface area contributed by atoms with Gasteiger partial charge in [-0.05, 0) is 68.1 Å². The largest absolute Gasteiger partial charge is 0.509 e. The summed E-state index contributed by atoms with van der Waals surface area (Å²) in [6, 6.07) is 7.90. The van der Waals surface area contributed by atoms with E-state index in [1.54, 1.807) is 7.11 Å². The first-order chi connectivity index (χ1) is 16.3. The van der Waals surface area contributed by atoms with Gasteiger partial charge in [0.05, 0.1) is 26.9 Å². The van der Waals surface area contributed by atoms with Crippen LogP contribution in [0.2, 0.25) is 18.1 Å². The van der Waals surface area contributed by atoms with Crippen LogP contribution in [-0.2, 0) is 25.2 Å². The summed E-state index contributed by atoms with van der Waals surface area (Å²) in [5.41, 5.74) is 3.50. The van der Waals surface area contributed by atoms with E-state index in [1.165, 1.54) is 5.57 Å². The molecule has 0 amide bonds. The third-order valence-electron chi connectivity index (χ3n) is 8.74. The lowest BCUT2D eigenvalue weighted by atomic mass is 9.66. The Balaban J connectivity index is 1.60. The zero-order chi connectivity index (χ0) is 25.6. The molecule has 0 unspecified atom stereocenters. The minimum atomic E-state index is -1.93. The molecule has 2 atom stereocenters. The van der Waals surface area contributed by atoms with Crippen LogP contribution in [0.25, 0.3) is 0 Å². The molecule has 0 aromatic heterocycles. The van der Waals surface area contributed by atoms with Crippen LogP contribution in [0.1, 0.15) is 53.0 Å². The fourth-order valence-electron chi connectivity index (χ4n) is 5.17. The predicted octanol–water partition coefficient (Wildman–Crippen LogP) is 6.56.